The second kappa shape index (κ2) is 32.1. The van der Waals surface area contributed by atoms with Crippen LogP contribution in [0.5, 0.6) is 5.75 Å². The number of phenolic OH excluding ortho intramolecular Hbond substituents is 1. The first-order chi connectivity index (χ1) is 41.5. The van der Waals surface area contributed by atoms with Crippen molar-refractivity contribution in [3.05, 3.63) is 102 Å². The lowest BCUT2D eigenvalue weighted by Crippen LogP contribution is -2.61. The number of nitrogens with zero attached hydrogens (tertiary/aromatic N) is 2. The molecule has 2 aliphatic heterocycles. The van der Waals surface area contributed by atoms with Gasteiger partial charge in [-0.1, -0.05) is 74.5 Å². The van der Waals surface area contributed by atoms with Gasteiger partial charge < -0.3 is 85.1 Å². The van der Waals surface area contributed by atoms with Crippen molar-refractivity contribution in [3.63, 3.8) is 0 Å². The molecular weight excluding hydrogens is 1130 g/mol. The van der Waals surface area contributed by atoms with Gasteiger partial charge in [0, 0.05) is 55.9 Å². The third-order valence-electron chi connectivity index (χ3n) is 14.7. The monoisotopic (exact) mass is 1210 g/mol. The van der Waals surface area contributed by atoms with Gasteiger partial charge in [0.15, 0.2) is 5.96 Å². The molecular formula is C59H79N15O13. The molecule has 2 aliphatic rings. The normalized spacial score (nSPS) is 17.0. The number of amides is 11. The van der Waals surface area contributed by atoms with E-state index < -0.39 is 127 Å². The first-order valence-electron chi connectivity index (χ1n) is 28.8. The molecule has 468 valence electrons. The summed E-state index contributed by atoms with van der Waals surface area (Å²) in [5.74, 6) is -8.75. The largest absolute Gasteiger partial charge is 0.508 e. The Kier molecular flexibility index (Phi) is 24.5. The highest BCUT2D eigenvalue weighted by Gasteiger charge is 2.40. The van der Waals surface area contributed by atoms with Crippen molar-refractivity contribution < 1.29 is 63.0 Å². The summed E-state index contributed by atoms with van der Waals surface area (Å²) >= 11 is 0. The molecule has 18 N–H and O–H groups in total. The lowest BCUT2D eigenvalue weighted by molar-refractivity contribution is -0.142. The first kappa shape index (κ1) is 66.5. The minimum absolute atomic E-state index is 0.0139. The number of nitrogens with one attached hydrogen (secondary N) is 10. The molecule has 87 heavy (non-hydrogen) atoms. The molecule has 3 aromatic carbocycles. The van der Waals surface area contributed by atoms with Gasteiger partial charge in [0.05, 0.1) is 13.2 Å². The number of aromatic hydroxyl groups is 1. The molecule has 0 saturated carbocycles. The molecule has 1 aromatic heterocycles. The van der Waals surface area contributed by atoms with Gasteiger partial charge in [-0.3, -0.25) is 57.7 Å². The van der Waals surface area contributed by atoms with Crippen LogP contribution in [-0.4, -0.2) is 172 Å². The number of carbonyl (C=O) groups excluding carboxylic acids is 11. The van der Waals surface area contributed by atoms with Gasteiger partial charge in [-0.05, 0) is 86.3 Å². The molecule has 3 heterocycles. The van der Waals surface area contributed by atoms with Crippen LogP contribution < -0.4 is 65.1 Å². The topological polar surface area (TPSA) is 446 Å². The summed E-state index contributed by atoms with van der Waals surface area (Å²) in [4.78, 5) is 158. The smallest absolute Gasteiger partial charge is 0.245 e. The fourth-order valence-electron chi connectivity index (χ4n) is 10.2. The fraction of sp³-hybridized carbons (Fsp3) is 0.458. The summed E-state index contributed by atoms with van der Waals surface area (Å²) in [6.07, 6.45) is 2.56. The molecule has 0 unspecified atom stereocenters. The van der Waals surface area contributed by atoms with Crippen LogP contribution in [0.1, 0.15) is 82.4 Å². The summed E-state index contributed by atoms with van der Waals surface area (Å²) in [5.41, 5.74) is 18.6. The van der Waals surface area contributed by atoms with E-state index in [9.17, 15) is 63.0 Å². The fourth-order valence-corrected chi connectivity index (χ4v) is 10.2. The summed E-state index contributed by atoms with van der Waals surface area (Å²) in [5, 5.41) is 45.0. The molecule has 4 aromatic rings. The van der Waals surface area contributed by atoms with Crippen molar-refractivity contribution in [1.29, 1.82) is 0 Å². The van der Waals surface area contributed by atoms with E-state index in [0.717, 1.165) is 5.52 Å². The van der Waals surface area contributed by atoms with Crippen LogP contribution in [0.3, 0.4) is 0 Å². The van der Waals surface area contributed by atoms with E-state index >= 15 is 0 Å². The molecule has 28 nitrogen and oxygen atoms in total. The van der Waals surface area contributed by atoms with E-state index in [2.05, 4.69) is 57.8 Å². The van der Waals surface area contributed by atoms with Crippen LogP contribution in [0.4, 0.5) is 0 Å². The SMILES string of the molecule is CC(C)C[C@H](NC(=O)[C@H](C)NC(=O)[C@H](Cc1ccc(O)cc1)NC(=O)[C@H](CO)NC(=O)[C@H](Cc1c[nH]c2ccccc12)NC(=O)[C@H](Cc1ccccc1)NC(=O)[C@@H]1CCC(=O)N1)C(=O)N[C@@H](CCCN=C(N)N)C(=O)N1CCC[C@H]1C(=O)NCC(N)=O. The molecule has 11 amide bonds. The third kappa shape index (κ3) is 20.0. The number of primary amides is 1. The number of likely N-dealkylation sites (tertiary alicyclic amines) is 1. The summed E-state index contributed by atoms with van der Waals surface area (Å²) in [6, 6.07) is 9.87. The van der Waals surface area contributed by atoms with Crippen molar-refractivity contribution in [2.45, 2.75) is 139 Å². The second-order valence-electron chi connectivity index (χ2n) is 22.0. The van der Waals surface area contributed by atoms with Crippen LogP contribution in [0.25, 0.3) is 10.9 Å². The number of aromatic nitrogens is 1. The Morgan fingerprint density at radius 1 is 0.655 bits per heavy atom. The predicted octanol–water partition coefficient (Wildman–Crippen LogP) is -2.72. The molecule has 28 heteroatoms. The molecule has 2 saturated heterocycles. The Balaban J connectivity index is 1.18. The summed E-state index contributed by atoms with van der Waals surface area (Å²) < 4.78 is 0. The molecule has 0 radical (unpaired) electrons. The number of H-pyrrole nitrogens is 1. The van der Waals surface area contributed by atoms with Gasteiger partial charge in [-0.25, -0.2) is 0 Å². The van der Waals surface area contributed by atoms with Gasteiger partial charge in [0.1, 0.15) is 60.1 Å². The Morgan fingerprint density at radius 2 is 1.23 bits per heavy atom. The number of para-hydroxylation sites is 1. The number of hydrogen-bond donors (Lipinski definition) is 15. The minimum Gasteiger partial charge on any atom is -0.508 e. The lowest BCUT2D eigenvalue weighted by atomic mass is 10.0. The predicted molar refractivity (Wildman–Crippen MR) is 318 cm³/mol. The summed E-state index contributed by atoms with van der Waals surface area (Å²) in [7, 11) is 0. The zero-order valence-corrected chi connectivity index (χ0v) is 48.8. The van der Waals surface area contributed by atoms with E-state index in [1.54, 1.807) is 68.6 Å². The Hall–Kier alpha value is -9.60. The zero-order chi connectivity index (χ0) is 63.3. The second-order valence-corrected chi connectivity index (χ2v) is 22.0. The van der Waals surface area contributed by atoms with Crippen LogP contribution >= 0.6 is 0 Å². The number of hydrogen-bond acceptors (Lipinski definition) is 14. The van der Waals surface area contributed by atoms with Gasteiger partial charge >= 0.3 is 0 Å². The average Bonchev–Trinajstić information content (AvgIpc) is 3.53. The third-order valence-corrected chi connectivity index (χ3v) is 14.7. The highest BCUT2D eigenvalue weighted by molar-refractivity contribution is 5.99. The maximum Gasteiger partial charge on any atom is 0.245 e. The zero-order valence-electron chi connectivity index (χ0n) is 48.8. The highest BCUT2D eigenvalue weighted by atomic mass is 16.3. The number of guanidine groups is 1. The number of aliphatic hydroxyl groups excluding tert-OH is 1. The molecule has 6 rings (SSSR count). The highest BCUT2D eigenvalue weighted by Crippen LogP contribution is 2.22. The van der Waals surface area contributed by atoms with Crippen molar-refractivity contribution in [1.82, 2.24) is 57.7 Å². The van der Waals surface area contributed by atoms with E-state index in [1.165, 1.54) is 36.1 Å². The van der Waals surface area contributed by atoms with Crippen molar-refractivity contribution in [2.75, 3.05) is 26.2 Å². The van der Waals surface area contributed by atoms with E-state index in [-0.39, 0.29) is 94.4 Å². The molecule has 0 bridgehead atoms. The minimum atomic E-state index is -1.76. The summed E-state index contributed by atoms with van der Waals surface area (Å²) in [6.45, 7) is 3.70. The number of nitrogens with two attached hydrogens (primary N) is 3. The van der Waals surface area contributed by atoms with E-state index in [0.29, 0.717) is 28.5 Å². The number of aliphatic hydroxyl groups is 1. The Morgan fingerprint density at radius 3 is 1.86 bits per heavy atom. The van der Waals surface area contributed by atoms with Gasteiger partial charge in [0.2, 0.25) is 65.0 Å². The standard InChI is InChI=1S/C59H79N15O13/c1-32(2)25-42(53(82)68-41(15-9-23-63-59(61)62)58(87)74-24-10-16-47(74)57(86)65-30-48(60)77)69-50(79)33(3)66-52(81)43(27-35-17-19-37(76)20-18-35)71-56(85)46(31-75)73-55(84)45(28-36-29-64-39-14-8-7-13-38(36)39)72-54(83)44(26-34-11-5-4-6-12-34)70-51(80)40-21-22-49(78)67-40/h4-8,11-14,17-20,29,32-33,40-47,64,75-76H,9-10,15-16,21-28,30-31H2,1-3H3,(H2,60,77)(H,65,86)(H,66,81)(H,67,78)(H,68,82)(H,69,79)(H,70,80)(H,71,85)(H,72,83)(H,73,84)(H4,61,62,63)/t33-,40-,41-,42-,43-,44-,45-,46-,47-/m0/s1. The number of fused-ring (bicyclic) bond motifs is 1. The maximum absolute atomic E-state index is 14.5. The van der Waals surface area contributed by atoms with Crippen molar-refractivity contribution >= 4 is 81.8 Å². The molecule has 0 aliphatic carbocycles. The number of aliphatic imine (C=N–C) groups is 1. The number of phenols is 1. The Bertz CT molecular complexity index is 3130. The molecule has 2 fully saturated rings. The van der Waals surface area contributed by atoms with Crippen LogP contribution in [0.15, 0.2) is 90.1 Å². The van der Waals surface area contributed by atoms with Gasteiger partial charge in [-0.15, -0.1) is 0 Å². The average molecular weight is 1210 g/mol. The first-order valence-corrected chi connectivity index (χ1v) is 28.8. The van der Waals surface area contributed by atoms with Crippen molar-refractivity contribution in [2.24, 2.45) is 28.1 Å². The number of carbonyl (C=O) groups is 11. The number of rotatable bonds is 31. The van der Waals surface area contributed by atoms with Crippen LogP contribution in [0.2, 0.25) is 0 Å². The lowest BCUT2D eigenvalue weighted by Gasteiger charge is -2.30. The molecule has 0 spiro atoms. The van der Waals surface area contributed by atoms with Crippen LogP contribution in [-0.2, 0) is 72.0 Å². The van der Waals surface area contributed by atoms with Gasteiger partial charge in [-0.2, -0.15) is 0 Å². The van der Waals surface area contributed by atoms with Gasteiger partial charge in [0.25, 0.3) is 0 Å². The molecule has 9 atom stereocenters. The number of aromatic amines is 1. The van der Waals surface area contributed by atoms with Crippen molar-refractivity contribution in [3.8, 4) is 5.75 Å². The van der Waals surface area contributed by atoms with E-state index in [4.69, 9.17) is 17.2 Å². The Labute approximate surface area is 502 Å². The van der Waals surface area contributed by atoms with Crippen LogP contribution in [0, 0.1) is 5.92 Å². The quantitative estimate of drug-likeness (QED) is 0.0138. The maximum atomic E-state index is 14.5. The number of benzene rings is 3. The van der Waals surface area contributed by atoms with E-state index in [1.807, 2.05) is 6.07 Å².